The highest BCUT2D eigenvalue weighted by atomic mass is 35.5. The Morgan fingerprint density at radius 2 is 2.05 bits per heavy atom. The SMILES string of the molecule is O=C(O)c1ncccc1Cn1cc(Cl)c2ccccc21. The van der Waals surface area contributed by atoms with Crippen molar-refractivity contribution in [3.8, 4) is 0 Å². The van der Waals surface area contributed by atoms with Crippen molar-refractivity contribution >= 4 is 28.5 Å². The zero-order chi connectivity index (χ0) is 14.1. The quantitative estimate of drug-likeness (QED) is 0.802. The molecule has 0 bridgehead atoms. The number of carbonyl (C=O) groups is 1. The number of nitrogens with zero attached hydrogens (tertiary/aromatic N) is 2. The van der Waals surface area contributed by atoms with Crippen molar-refractivity contribution in [3.05, 3.63) is 65.1 Å². The first-order valence-corrected chi connectivity index (χ1v) is 6.45. The zero-order valence-electron chi connectivity index (χ0n) is 10.5. The summed E-state index contributed by atoms with van der Waals surface area (Å²) in [6.45, 7) is 0.419. The number of carboxylic acids is 1. The summed E-state index contributed by atoms with van der Waals surface area (Å²) >= 11 is 6.19. The van der Waals surface area contributed by atoms with Crippen LogP contribution in [0.5, 0.6) is 0 Å². The van der Waals surface area contributed by atoms with Gasteiger partial charge in [0.2, 0.25) is 0 Å². The Morgan fingerprint density at radius 3 is 2.85 bits per heavy atom. The third-order valence-electron chi connectivity index (χ3n) is 3.17. The Bertz CT molecular complexity index is 795. The molecule has 0 unspecified atom stereocenters. The highest BCUT2D eigenvalue weighted by Gasteiger charge is 2.13. The van der Waals surface area contributed by atoms with Crippen LogP contribution in [0.1, 0.15) is 16.1 Å². The predicted molar refractivity (Wildman–Crippen MR) is 77.2 cm³/mol. The van der Waals surface area contributed by atoms with Gasteiger partial charge in [-0.3, -0.25) is 0 Å². The number of para-hydroxylation sites is 1. The molecule has 0 aliphatic heterocycles. The maximum absolute atomic E-state index is 11.2. The number of aromatic nitrogens is 2. The lowest BCUT2D eigenvalue weighted by molar-refractivity contribution is 0.0689. The van der Waals surface area contributed by atoms with Crippen LogP contribution in [0, 0.1) is 0 Å². The van der Waals surface area contributed by atoms with Crippen LogP contribution in [0.4, 0.5) is 0 Å². The Balaban J connectivity index is 2.08. The Morgan fingerprint density at radius 1 is 1.25 bits per heavy atom. The molecule has 0 amide bonds. The topological polar surface area (TPSA) is 55.1 Å². The van der Waals surface area contributed by atoms with E-state index in [2.05, 4.69) is 4.98 Å². The highest BCUT2D eigenvalue weighted by molar-refractivity contribution is 6.35. The minimum absolute atomic E-state index is 0.0707. The molecule has 0 radical (unpaired) electrons. The normalized spacial score (nSPS) is 10.8. The molecule has 3 rings (SSSR count). The number of benzene rings is 1. The maximum atomic E-state index is 11.2. The van der Waals surface area contributed by atoms with Gasteiger partial charge in [-0.15, -0.1) is 0 Å². The Hall–Kier alpha value is -2.33. The summed E-state index contributed by atoms with van der Waals surface area (Å²) < 4.78 is 1.93. The van der Waals surface area contributed by atoms with Crippen molar-refractivity contribution in [2.45, 2.75) is 6.54 Å². The van der Waals surface area contributed by atoms with Gasteiger partial charge in [0.15, 0.2) is 5.69 Å². The third kappa shape index (κ3) is 2.14. The molecule has 2 heterocycles. The third-order valence-corrected chi connectivity index (χ3v) is 3.48. The van der Waals surface area contributed by atoms with Gasteiger partial charge in [-0.1, -0.05) is 35.9 Å². The van der Waals surface area contributed by atoms with Gasteiger partial charge in [0.25, 0.3) is 0 Å². The molecule has 4 nitrogen and oxygen atoms in total. The number of pyridine rings is 1. The first kappa shape index (κ1) is 12.7. The summed E-state index contributed by atoms with van der Waals surface area (Å²) in [5.41, 5.74) is 1.69. The Kier molecular flexibility index (Phi) is 3.16. The van der Waals surface area contributed by atoms with Crippen LogP contribution in [0.25, 0.3) is 10.9 Å². The van der Waals surface area contributed by atoms with Crippen molar-refractivity contribution in [1.82, 2.24) is 9.55 Å². The first-order valence-electron chi connectivity index (χ1n) is 6.07. The van der Waals surface area contributed by atoms with Gasteiger partial charge >= 0.3 is 5.97 Å². The smallest absolute Gasteiger partial charge is 0.354 e. The van der Waals surface area contributed by atoms with E-state index in [1.165, 1.54) is 6.20 Å². The molecule has 2 aromatic heterocycles. The lowest BCUT2D eigenvalue weighted by atomic mass is 10.2. The fraction of sp³-hybridized carbons (Fsp3) is 0.0667. The minimum atomic E-state index is -1.02. The number of halogens is 1. The molecular weight excluding hydrogens is 276 g/mol. The van der Waals surface area contributed by atoms with Crippen LogP contribution in [0.2, 0.25) is 5.02 Å². The monoisotopic (exact) mass is 286 g/mol. The first-order chi connectivity index (χ1) is 9.66. The van der Waals surface area contributed by atoms with E-state index in [1.807, 2.05) is 35.0 Å². The molecule has 0 atom stereocenters. The van der Waals surface area contributed by atoms with Gasteiger partial charge in [0, 0.05) is 28.9 Å². The van der Waals surface area contributed by atoms with E-state index in [4.69, 9.17) is 16.7 Å². The van der Waals surface area contributed by atoms with Crippen molar-refractivity contribution < 1.29 is 9.90 Å². The predicted octanol–water partition coefficient (Wildman–Crippen LogP) is 3.44. The van der Waals surface area contributed by atoms with E-state index in [0.29, 0.717) is 17.1 Å². The molecule has 0 saturated carbocycles. The van der Waals surface area contributed by atoms with Gasteiger partial charge in [-0.05, 0) is 12.1 Å². The minimum Gasteiger partial charge on any atom is -0.477 e. The van der Waals surface area contributed by atoms with Gasteiger partial charge < -0.3 is 9.67 Å². The van der Waals surface area contributed by atoms with Crippen LogP contribution < -0.4 is 0 Å². The summed E-state index contributed by atoms with van der Waals surface area (Å²) in [4.78, 5) is 15.1. The molecule has 0 fully saturated rings. The van der Waals surface area contributed by atoms with E-state index in [0.717, 1.165) is 10.9 Å². The number of aromatic carboxylic acids is 1. The fourth-order valence-electron chi connectivity index (χ4n) is 2.28. The van der Waals surface area contributed by atoms with Gasteiger partial charge in [-0.2, -0.15) is 0 Å². The number of fused-ring (bicyclic) bond motifs is 1. The number of hydrogen-bond acceptors (Lipinski definition) is 2. The highest BCUT2D eigenvalue weighted by Crippen LogP contribution is 2.26. The molecule has 5 heteroatoms. The second-order valence-corrected chi connectivity index (χ2v) is 4.85. The average Bonchev–Trinajstić information content (AvgIpc) is 2.76. The second-order valence-electron chi connectivity index (χ2n) is 4.44. The van der Waals surface area contributed by atoms with Crippen LogP contribution in [0.3, 0.4) is 0 Å². The van der Waals surface area contributed by atoms with E-state index >= 15 is 0 Å². The van der Waals surface area contributed by atoms with Crippen molar-refractivity contribution in [1.29, 1.82) is 0 Å². The number of carboxylic acid groups (broad SMARTS) is 1. The molecule has 0 spiro atoms. The van der Waals surface area contributed by atoms with Crippen LogP contribution >= 0.6 is 11.6 Å². The molecule has 0 aliphatic rings. The van der Waals surface area contributed by atoms with Crippen molar-refractivity contribution in [3.63, 3.8) is 0 Å². The average molecular weight is 287 g/mol. The second kappa shape index (κ2) is 4.98. The van der Waals surface area contributed by atoms with E-state index in [1.54, 1.807) is 12.1 Å². The standard InChI is InChI=1S/C15H11ClN2O2/c16-12-9-18(13-6-2-1-5-11(12)13)8-10-4-3-7-17-14(10)15(19)20/h1-7,9H,8H2,(H,19,20). The maximum Gasteiger partial charge on any atom is 0.354 e. The summed E-state index contributed by atoms with van der Waals surface area (Å²) in [5.74, 6) is -1.02. The lowest BCUT2D eigenvalue weighted by Gasteiger charge is -2.07. The van der Waals surface area contributed by atoms with E-state index < -0.39 is 5.97 Å². The summed E-state index contributed by atoms with van der Waals surface area (Å²) in [6.07, 6.45) is 3.29. The molecule has 0 aliphatic carbocycles. The molecule has 0 saturated heterocycles. The summed E-state index contributed by atoms with van der Waals surface area (Å²) in [5, 5.41) is 10.8. The van der Waals surface area contributed by atoms with Crippen LogP contribution in [0.15, 0.2) is 48.8 Å². The van der Waals surface area contributed by atoms with Gasteiger partial charge in [-0.25, -0.2) is 9.78 Å². The van der Waals surface area contributed by atoms with Gasteiger partial charge in [0.1, 0.15) is 0 Å². The molecular formula is C15H11ClN2O2. The summed E-state index contributed by atoms with van der Waals surface area (Å²) in [7, 11) is 0. The molecule has 100 valence electrons. The fourth-order valence-corrected chi connectivity index (χ4v) is 2.55. The van der Waals surface area contributed by atoms with E-state index in [9.17, 15) is 4.79 Å². The molecule has 1 aromatic carbocycles. The van der Waals surface area contributed by atoms with Crippen molar-refractivity contribution in [2.24, 2.45) is 0 Å². The molecule has 20 heavy (non-hydrogen) atoms. The zero-order valence-corrected chi connectivity index (χ0v) is 11.2. The van der Waals surface area contributed by atoms with Crippen LogP contribution in [-0.4, -0.2) is 20.6 Å². The van der Waals surface area contributed by atoms with Gasteiger partial charge in [0.05, 0.1) is 11.6 Å². The number of hydrogen-bond donors (Lipinski definition) is 1. The Labute approximate surface area is 120 Å². The number of rotatable bonds is 3. The molecule has 1 N–H and O–H groups in total. The summed E-state index contributed by atoms with van der Waals surface area (Å²) in [6, 6.07) is 11.2. The van der Waals surface area contributed by atoms with Crippen molar-refractivity contribution in [2.75, 3.05) is 0 Å². The van der Waals surface area contributed by atoms with E-state index in [-0.39, 0.29) is 5.69 Å². The largest absolute Gasteiger partial charge is 0.477 e. The molecule has 3 aromatic rings. The van der Waals surface area contributed by atoms with Crippen LogP contribution in [-0.2, 0) is 6.54 Å². The lowest BCUT2D eigenvalue weighted by Crippen LogP contribution is -2.08.